The fourth-order valence-corrected chi connectivity index (χ4v) is 1.95. The van der Waals surface area contributed by atoms with Crippen LogP contribution in [0, 0.1) is 11.3 Å². The van der Waals surface area contributed by atoms with E-state index in [9.17, 15) is 0 Å². The van der Waals surface area contributed by atoms with Gasteiger partial charge in [-0.2, -0.15) is 14.9 Å². The van der Waals surface area contributed by atoms with Crippen LogP contribution in [0.4, 0.5) is 5.95 Å². The predicted octanol–water partition coefficient (Wildman–Crippen LogP) is 0.657. The number of nitriles is 1. The molecule has 0 aliphatic rings. The van der Waals surface area contributed by atoms with Crippen LogP contribution in [-0.4, -0.2) is 26.8 Å². The quantitative estimate of drug-likeness (QED) is 0.827. The van der Waals surface area contributed by atoms with Crippen molar-refractivity contribution >= 4 is 17.3 Å². The Balaban J connectivity index is 2.50. The van der Waals surface area contributed by atoms with Crippen LogP contribution in [0.5, 0.6) is 0 Å². The standard InChI is InChI=1S/C9H11N7S/c1-5(11)7-14-8(12-2)15-16(7)9-13-4-6(3-10)17-9/h4-5H,11H2,1-2H3,(H,12,15)/t5-/m0/s1. The fraction of sp³-hybridized carbons (Fsp3) is 0.333. The first kappa shape index (κ1) is 11.5. The third-order valence-corrected chi connectivity index (χ3v) is 2.93. The van der Waals surface area contributed by atoms with E-state index in [-0.39, 0.29) is 6.04 Å². The van der Waals surface area contributed by atoms with Gasteiger partial charge in [-0.15, -0.1) is 5.10 Å². The molecule has 17 heavy (non-hydrogen) atoms. The molecule has 0 aliphatic carbocycles. The Kier molecular flexibility index (Phi) is 3.03. The van der Waals surface area contributed by atoms with Crippen molar-refractivity contribution in [3.63, 3.8) is 0 Å². The Labute approximate surface area is 102 Å². The van der Waals surface area contributed by atoms with Crippen LogP contribution in [0.15, 0.2) is 6.20 Å². The minimum atomic E-state index is -0.265. The lowest BCUT2D eigenvalue weighted by Crippen LogP contribution is -2.13. The molecule has 0 radical (unpaired) electrons. The zero-order chi connectivity index (χ0) is 12.4. The van der Waals surface area contributed by atoms with E-state index in [4.69, 9.17) is 11.0 Å². The molecular formula is C9H11N7S. The maximum Gasteiger partial charge on any atom is 0.242 e. The maximum atomic E-state index is 8.77. The monoisotopic (exact) mass is 249 g/mol. The molecule has 0 aromatic carbocycles. The summed E-state index contributed by atoms with van der Waals surface area (Å²) in [5.41, 5.74) is 5.82. The first-order chi connectivity index (χ1) is 8.15. The van der Waals surface area contributed by atoms with E-state index in [1.165, 1.54) is 17.5 Å². The van der Waals surface area contributed by atoms with Gasteiger partial charge < -0.3 is 11.1 Å². The Hall–Kier alpha value is -1.98. The number of hydrogen-bond donors (Lipinski definition) is 2. The summed E-state index contributed by atoms with van der Waals surface area (Å²) in [5.74, 6) is 1.08. The van der Waals surface area contributed by atoms with Crippen LogP contribution in [0.2, 0.25) is 0 Å². The van der Waals surface area contributed by atoms with E-state index in [2.05, 4.69) is 20.4 Å². The van der Waals surface area contributed by atoms with E-state index < -0.39 is 0 Å². The molecule has 8 heteroatoms. The molecule has 3 N–H and O–H groups in total. The summed E-state index contributed by atoms with van der Waals surface area (Å²) < 4.78 is 1.56. The molecule has 0 spiro atoms. The third kappa shape index (κ3) is 2.11. The van der Waals surface area contributed by atoms with Crippen molar-refractivity contribution in [3.8, 4) is 11.2 Å². The van der Waals surface area contributed by atoms with Gasteiger partial charge in [-0.1, -0.05) is 11.3 Å². The number of rotatable bonds is 3. The highest BCUT2D eigenvalue weighted by atomic mass is 32.1. The SMILES string of the molecule is CNc1nc([C@H](C)N)n(-c2ncc(C#N)s2)n1. The second kappa shape index (κ2) is 4.48. The lowest BCUT2D eigenvalue weighted by atomic mass is 10.3. The molecule has 0 saturated carbocycles. The molecule has 1 atom stereocenters. The third-order valence-electron chi connectivity index (χ3n) is 2.05. The fourth-order valence-electron chi connectivity index (χ4n) is 1.28. The smallest absolute Gasteiger partial charge is 0.242 e. The summed E-state index contributed by atoms with van der Waals surface area (Å²) in [6.07, 6.45) is 1.51. The lowest BCUT2D eigenvalue weighted by Gasteiger charge is -2.03. The number of nitrogens with one attached hydrogen (secondary N) is 1. The van der Waals surface area contributed by atoms with Crippen molar-refractivity contribution in [2.75, 3.05) is 12.4 Å². The van der Waals surface area contributed by atoms with E-state index >= 15 is 0 Å². The average molecular weight is 249 g/mol. The number of nitrogens with two attached hydrogens (primary N) is 1. The Morgan fingerprint density at radius 1 is 1.65 bits per heavy atom. The van der Waals surface area contributed by atoms with Crippen molar-refractivity contribution in [2.24, 2.45) is 5.73 Å². The molecule has 2 rings (SSSR count). The van der Waals surface area contributed by atoms with Crippen LogP contribution >= 0.6 is 11.3 Å². The van der Waals surface area contributed by atoms with Crippen molar-refractivity contribution < 1.29 is 0 Å². The molecule has 0 fully saturated rings. The first-order valence-corrected chi connectivity index (χ1v) is 5.74. The molecule has 2 heterocycles. The summed E-state index contributed by atoms with van der Waals surface area (Å²) in [7, 11) is 1.73. The molecule has 0 saturated heterocycles. The van der Waals surface area contributed by atoms with Crippen LogP contribution in [0.3, 0.4) is 0 Å². The highest BCUT2D eigenvalue weighted by Gasteiger charge is 2.16. The van der Waals surface area contributed by atoms with Gasteiger partial charge in [0.15, 0.2) is 5.82 Å². The van der Waals surface area contributed by atoms with Crippen molar-refractivity contribution in [3.05, 3.63) is 16.9 Å². The number of aromatic nitrogens is 4. The predicted molar refractivity (Wildman–Crippen MR) is 63.9 cm³/mol. The number of hydrogen-bond acceptors (Lipinski definition) is 7. The van der Waals surface area contributed by atoms with E-state index in [1.54, 1.807) is 11.7 Å². The van der Waals surface area contributed by atoms with E-state index in [0.717, 1.165) is 0 Å². The summed E-state index contributed by atoms with van der Waals surface area (Å²) in [6.45, 7) is 1.82. The molecule has 2 aromatic heterocycles. The van der Waals surface area contributed by atoms with Gasteiger partial charge in [0.25, 0.3) is 0 Å². The molecule has 7 nitrogen and oxygen atoms in total. The molecule has 88 valence electrons. The van der Waals surface area contributed by atoms with Crippen LogP contribution in [0.1, 0.15) is 23.7 Å². The van der Waals surface area contributed by atoms with Crippen molar-refractivity contribution in [2.45, 2.75) is 13.0 Å². The highest BCUT2D eigenvalue weighted by Crippen LogP contribution is 2.20. The number of nitrogens with zero attached hydrogens (tertiary/aromatic N) is 5. The van der Waals surface area contributed by atoms with Gasteiger partial charge in [-0.3, -0.25) is 0 Å². The van der Waals surface area contributed by atoms with E-state index in [0.29, 0.717) is 21.8 Å². The highest BCUT2D eigenvalue weighted by molar-refractivity contribution is 7.14. The van der Waals surface area contributed by atoms with Crippen molar-refractivity contribution in [1.29, 1.82) is 5.26 Å². The van der Waals surface area contributed by atoms with Crippen molar-refractivity contribution in [1.82, 2.24) is 19.7 Å². The summed E-state index contributed by atoms with van der Waals surface area (Å²) >= 11 is 1.25. The van der Waals surface area contributed by atoms with Gasteiger partial charge in [-0.05, 0) is 6.92 Å². The van der Waals surface area contributed by atoms with Gasteiger partial charge in [0, 0.05) is 7.05 Å². The summed E-state index contributed by atoms with van der Waals surface area (Å²) in [6, 6.07) is 1.77. The Morgan fingerprint density at radius 2 is 2.41 bits per heavy atom. The number of anilines is 1. The Morgan fingerprint density at radius 3 is 2.94 bits per heavy atom. The second-order valence-electron chi connectivity index (χ2n) is 3.36. The zero-order valence-electron chi connectivity index (χ0n) is 9.38. The molecule has 2 aromatic rings. The summed E-state index contributed by atoms with van der Waals surface area (Å²) in [5, 5.41) is 16.4. The normalized spacial score (nSPS) is 12.1. The topological polar surface area (TPSA) is 105 Å². The molecule has 0 bridgehead atoms. The molecular weight excluding hydrogens is 238 g/mol. The second-order valence-corrected chi connectivity index (χ2v) is 4.37. The van der Waals surface area contributed by atoms with Crippen LogP contribution in [0.25, 0.3) is 5.13 Å². The van der Waals surface area contributed by atoms with Crippen LogP contribution < -0.4 is 11.1 Å². The minimum absolute atomic E-state index is 0.265. The lowest BCUT2D eigenvalue weighted by molar-refractivity contribution is 0.688. The largest absolute Gasteiger partial charge is 0.356 e. The minimum Gasteiger partial charge on any atom is -0.356 e. The first-order valence-electron chi connectivity index (χ1n) is 4.92. The molecule has 0 unspecified atom stereocenters. The van der Waals surface area contributed by atoms with Gasteiger partial charge >= 0.3 is 0 Å². The zero-order valence-corrected chi connectivity index (χ0v) is 10.2. The number of thiazole rings is 1. The van der Waals surface area contributed by atoms with E-state index in [1.807, 2.05) is 13.0 Å². The maximum absolute atomic E-state index is 8.77. The molecule has 0 amide bonds. The van der Waals surface area contributed by atoms with Gasteiger partial charge in [-0.25, -0.2) is 4.98 Å². The van der Waals surface area contributed by atoms with Gasteiger partial charge in [0.1, 0.15) is 10.9 Å². The Bertz CT molecular complexity index is 562. The van der Waals surface area contributed by atoms with Gasteiger partial charge in [0.05, 0.1) is 12.2 Å². The average Bonchev–Trinajstić information content (AvgIpc) is 2.94. The van der Waals surface area contributed by atoms with Gasteiger partial charge in [0.2, 0.25) is 11.1 Å². The molecule has 0 aliphatic heterocycles. The summed E-state index contributed by atoms with van der Waals surface area (Å²) in [4.78, 5) is 8.89. The van der Waals surface area contributed by atoms with Crippen LogP contribution in [-0.2, 0) is 0 Å².